The summed E-state index contributed by atoms with van der Waals surface area (Å²) in [6, 6.07) is 20.7. The maximum atomic E-state index is 14.0. The van der Waals surface area contributed by atoms with E-state index in [4.69, 9.17) is 5.73 Å². The number of carbonyl (C=O) groups is 5. The zero-order valence-electron chi connectivity index (χ0n) is 28.0. The Kier molecular flexibility index (Phi) is 12.9. The second-order valence-electron chi connectivity index (χ2n) is 12.7. The number of primary amides is 1. The molecule has 1 fully saturated rings. The highest BCUT2D eigenvalue weighted by Gasteiger charge is 2.45. The standard InChI is InChI=1S/C37H42F3N5O6/c1-23(32(48)43-28(18-19-30(41)46)31(47)37(38,39)40)42-34(50)29(22-24-10-4-2-5-11-24)44-35(51)36(20-8-9-21-36)45-33(49)27-16-14-26(15-17-27)25-12-6-3-7-13-25/h2-7,10-17,23,28-29,31,47H,8-9,18-22H2,1H3,(H2,41,46)(H,42,50)(H,43,48)(H,44,51)(H,45,49)/t23-,28?,29-,31?/m0/s1. The molecule has 5 amide bonds. The third kappa shape index (κ3) is 10.6. The van der Waals surface area contributed by atoms with Gasteiger partial charge >= 0.3 is 6.18 Å². The predicted octanol–water partition coefficient (Wildman–Crippen LogP) is 3.30. The van der Waals surface area contributed by atoms with Crippen LogP contribution < -0.4 is 27.0 Å². The molecule has 272 valence electrons. The Hall–Kier alpha value is -5.24. The van der Waals surface area contributed by atoms with Gasteiger partial charge in [-0.1, -0.05) is 85.6 Å². The molecule has 7 N–H and O–H groups in total. The van der Waals surface area contributed by atoms with Gasteiger partial charge < -0.3 is 32.1 Å². The highest BCUT2D eigenvalue weighted by Crippen LogP contribution is 2.31. The van der Waals surface area contributed by atoms with Gasteiger partial charge in [0.2, 0.25) is 23.6 Å². The average molecular weight is 710 g/mol. The van der Waals surface area contributed by atoms with Crippen molar-refractivity contribution in [2.75, 3.05) is 0 Å². The Bertz CT molecular complexity index is 1670. The van der Waals surface area contributed by atoms with Crippen LogP contribution in [-0.2, 0) is 25.6 Å². The monoisotopic (exact) mass is 709 g/mol. The first-order chi connectivity index (χ1) is 24.2. The van der Waals surface area contributed by atoms with E-state index in [9.17, 15) is 42.3 Å². The van der Waals surface area contributed by atoms with Crippen LogP contribution in [0.5, 0.6) is 0 Å². The number of nitrogens with one attached hydrogen (secondary N) is 4. The number of carbonyl (C=O) groups excluding carboxylic acids is 5. The van der Waals surface area contributed by atoms with E-state index in [2.05, 4.69) is 16.0 Å². The van der Waals surface area contributed by atoms with E-state index < -0.39 is 78.3 Å². The van der Waals surface area contributed by atoms with Crippen LogP contribution >= 0.6 is 0 Å². The Morgan fingerprint density at radius 3 is 1.94 bits per heavy atom. The fraction of sp³-hybridized carbons (Fsp3) is 0.378. The topological polar surface area (TPSA) is 180 Å². The van der Waals surface area contributed by atoms with Crippen LogP contribution in [0.25, 0.3) is 11.1 Å². The largest absolute Gasteiger partial charge is 0.416 e. The second kappa shape index (κ2) is 17.1. The van der Waals surface area contributed by atoms with Crippen molar-refractivity contribution in [1.82, 2.24) is 21.3 Å². The van der Waals surface area contributed by atoms with Crippen LogP contribution in [0.15, 0.2) is 84.9 Å². The molecule has 51 heavy (non-hydrogen) atoms. The van der Waals surface area contributed by atoms with Crippen molar-refractivity contribution in [1.29, 1.82) is 0 Å². The number of aliphatic hydroxyl groups excluding tert-OH is 1. The number of halogens is 3. The van der Waals surface area contributed by atoms with Gasteiger partial charge in [-0.3, -0.25) is 24.0 Å². The van der Waals surface area contributed by atoms with Gasteiger partial charge in [0.25, 0.3) is 5.91 Å². The van der Waals surface area contributed by atoms with E-state index >= 15 is 0 Å². The summed E-state index contributed by atoms with van der Waals surface area (Å²) < 4.78 is 39.8. The van der Waals surface area contributed by atoms with Crippen LogP contribution in [0.3, 0.4) is 0 Å². The van der Waals surface area contributed by atoms with Gasteiger partial charge in [0, 0.05) is 18.4 Å². The molecule has 11 nitrogen and oxygen atoms in total. The maximum absolute atomic E-state index is 14.0. The molecule has 4 rings (SSSR count). The smallest absolute Gasteiger partial charge is 0.382 e. The summed E-state index contributed by atoms with van der Waals surface area (Å²) >= 11 is 0. The van der Waals surface area contributed by atoms with E-state index in [1.807, 2.05) is 47.8 Å². The van der Waals surface area contributed by atoms with Crippen molar-refractivity contribution in [3.63, 3.8) is 0 Å². The normalized spacial score (nSPS) is 16.2. The summed E-state index contributed by atoms with van der Waals surface area (Å²) in [6.45, 7) is 1.22. The van der Waals surface area contributed by atoms with Crippen LogP contribution in [0, 0.1) is 0 Å². The van der Waals surface area contributed by atoms with E-state index in [0.29, 0.717) is 36.8 Å². The number of nitrogens with two attached hydrogens (primary N) is 1. The second-order valence-corrected chi connectivity index (χ2v) is 12.7. The lowest BCUT2D eigenvalue weighted by molar-refractivity contribution is -0.212. The van der Waals surface area contributed by atoms with Gasteiger partial charge in [0.15, 0.2) is 6.10 Å². The number of hydrogen-bond donors (Lipinski definition) is 6. The van der Waals surface area contributed by atoms with Gasteiger partial charge in [0.05, 0.1) is 6.04 Å². The number of alkyl halides is 3. The quantitative estimate of drug-likeness (QED) is 0.141. The van der Waals surface area contributed by atoms with E-state index in [1.165, 1.54) is 6.92 Å². The number of rotatable bonds is 15. The molecule has 0 spiro atoms. The van der Waals surface area contributed by atoms with Crippen molar-refractivity contribution in [2.45, 2.75) is 87.8 Å². The van der Waals surface area contributed by atoms with Gasteiger partial charge in [-0.05, 0) is 55.0 Å². The molecule has 1 aliphatic rings. The minimum absolute atomic E-state index is 0.00818. The molecule has 0 heterocycles. The Morgan fingerprint density at radius 1 is 0.804 bits per heavy atom. The molecule has 2 unspecified atom stereocenters. The van der Waals surface area contributed by atoms with Crippen molar-refractivity contribution in [2.24, 2.45) is 5.73 Å². The number of aliphatic hydroxyl groups is 1. The molecular formula is C37H42F3N5O6. The van der Waals surface area contributed by atoms with Crippen LogP contribution in [0.2, 0.25) is 0 Å². The fourth-order valence-corrected chi connectivity index (χ4v) is 6.00. The summed E-state index contributed by atoms with van der Waals surface area (Å²) in [5.41, 5.74) is 6.63. The number of hydrogen-bond acceptors (Lipinski definition) is 6. The molecule has 3 aromatic carbocycles. The Morgan fingerprint density at radius 2 is 1.37 bits per heavy atom. The minimum Gasteiger partial charge on any atom is -0.382 e. The number of benzene rings is 3. The molecule has 1 saturated carbocycles. The molecule has 0 radical (unpaired) electrons. The molecule has 0 aliphatic heterocycles. The average Bonchev–Trinajstić information content (AvgIpc) is 3.59. The first-order valence-corrected chi connectivity index (χ1v) is 16.7. The fourth-order valence-electron chi connectivity index (χ4n) is 6.00. The van der Waals surface area contributed by atoms with Gasteiger partial charge in [-0.25, -0.2) is 0 Å². The molecule has 14 heteroatoms. The zero-order valence-corrected chi connectivity index (χ0v) is 28.0. The predicted molar refractivity (Wildman–Crippen MR) is 183 cm³/mol. The summed E-state index contributed by atoms with van der Waals surface area (Å²) in [4.78, 5) is 65.2. The lowest BCUT2D eigenvalue weighted by Crippen LogP contribution is -2.62. The third-order valence-corrected chi connectivity index (χ3v) is 8.90. The lowest BCUT2D eigenvalue weighted by atomic mass is 9.94. The highest BCUT2D eigenvalue weighted by atomic mass is 19.4. The maximum Gasteiger partial charge on any atom is 0.416 e. The van der Waals surface area contributed by atoms with E-state index in [0.717, 1.165) is 11.1 Å². The zero-order chi connectivity index (χ0) is 37.2. The summed E-state index contributed by atoms with van der Waals surface area (Å²) in [5.74, 6) is -3.86. The van der Waals surface area contributed by atoms with Crippen molar-refractivity contribution in [3.8, 4) is 11.1 Å². The third-order valence-electron chi connectivity index (χ3n) is 8.90. The summed E-state index contributed by atoms with van der Waals surface area (Å²) in [6.07, 6.45) is -7.31. The molecule has 0 saturated heterocycles. The van der Waals surface area contributed by atoms with Gasteiger partial charge in [-0.15, -0.1) is 0 Å². The molecule has 0 aromatic heterocycles. The molecular weight excluding hydrogens is 667 g/mol. The molecule has 3 aromatic rings. The Labute approximate surface area is 293 Å². The Balaban J connectivity index is 1.48. The van der Waals surface area contributed by atoms with Gasteiger partial charge in [0.1, 0.15) is 17.6 Å². The van der Waals surface area contributed by atoms with Crippen molar-refractivity contribution >= 4 is 29.5 Å². The summed E-state index contributed by atoms with van der Waals surface area (Å²) in [7, 11) is 0. The van der Waals surface area contributed by atoms with Crippen LogP contribution in [-0.4, -0.2) is 70.6 Å². The molecule has 4 atom stereocenters. The SMILES string of the molecule is C[C@H](NC(=O)[C@H](Cc1ccccc1)NC(=O)C1(NC(=O)c2ccc(-c3ccccc3)cc2)CCCC1)C(=O)NC(CCC(N)=O)C(O)C(F)(F)F. The number of amides is 5. The molecule has 0 bridgehead atoms. The van der Waals surface area contributed by atoms with E-state index in [1.54, 1.807) is 42.5 Å². The minimum atomic E-state index is -5.11. The highest BCUT2D eigenvalue weighted by molar-refractivity contribution is 6.01. The molecule has 1 aliphatic carbocycles. The first-order valence-electron chi connectivity index (χ1n) is 16.7. The first kappa shape index (κ1) is 38.6. The van der Waals surface area contributed by atoms with Gasteiger partial charge in [-0.2, -0.15) is 13.2 Å². The van der Waals surface area contributed by atoms with Crippen molar-refractivity contribution in [3.05, 3.63) is 96.1 Å². The van der Waals surface area contributed by atoms with E-state index in [-0.39, 0.29) is 6.42 Å². The lowest BCUT2D eigenvalue weighted by Gasteiger charge is -2.32. The van der Waals surface area contributed by atoms with Crippen LogP contribution in [0.4, 0.5) is 13.2 Å². The van der Waals surface area contributed by atoms with Crippen molar-refractivity contribution < 1.29 is 42.3 Å². The summed E-state index contributed by atoms with van der Waals surface area (Å²) in [5, 5.41) is 19.9. The van der Waals surface area contributed by atoms with Crippen LogP contribution in [0.1, 0.15) is 61.4 Å².